The Kier molecular flexibility index (Phi) is 8.45. The third kappa shape index (κ3) is 5.95. The number of halogens is 1. The smallest absolute Gasteiger partial charge is 0.222 e. The van der Waals surface area contributed by atoms with Crippen molar-refractivity contribution in [1.82, 2.24) is 10.6 Å². The molecule has 2 heterocycles. The van der Waals surface area contributed by atoms with Gasteiger partial charge in [0, 0.05) is 32.2 Å². The van der Waals surface area contributed by atoms with E-state index in [0.717, 1.165) is 45.6 Å². The van der Waals surface area contributed by atoms with E-state index < -0.39 is 0 Å². The summed E-state index contributed by atoms with van der Waals surface area (Å²) in [6.45, 7) is 6.22. The highest BCUT2D eigenvalue weighted by Crippen LogP contribution is 2.12. The van der Waals surface area contributed by atoms with E-state index in [4.69, 9.17) is 9.47 Å². The standard InChI is InChI=1S/C14H26N2O3.ClH/c1-11-2-6-15-10-13(11)16-14(17)5-9-19-12-3-7-18-8-4-12;/h11-13,15H,2-10H2,1H3,(H,16,17);1H. The molecule has 118 valence electrons. The van der Waals surface area contributed by atoms with Crippen molar-refractivity contribution in [3.63, 3.8) is 0 Å². The maximum atomic E-state index is 11.9. The van der Waals surface area contributed by atoms with Gasteiger partial charge < -0.3 is 20.1 Å². The minimum atomic E-state index is 0. The SMILES string of the molecule is CC1CCNCC1NC(=O)CCOC1CCOCC1.Cl. The predicted octanol–water partition coefficient (Wildman–Crippen LogP) is 1.11. The van der Waals surface area contributed by atoms with Crippen LogP contribution in [0.5, 0.6) is 0 Å². The lowest BCUT2D eigenvalue weighted by molar-refractivity contribution is -0.124. The van der Waals surface area contributed by atoms with Gasteiger partial charge in [0.05, 0.1) is 12.7 Å². The fraction of sp³-hybridized carbons (Fsp3) is 0.929. The molecule has 0 aromatic carbocycles. The Labute approximate surface area is 127 Å². The van der Waals surface area contributed by atoms with Gasteiger partial charge in [0.1, 0.15) is 0 Å². The molecule has 2 atom stereocenters. The van der Waals surface area contributed by atoms with Crippen LogP contribution in [0.4, 0.5) is 0 Å². The van der Waals surface area contributed by atoms with Crippen LogP contribution in [0.2, 0.25) is 0 Å². The molecule has 2 unspecified atom stereocenters. The van der Waals surface area contributed by atoms with Crippen LogP contribution in [0.1, 0.15) is 32.6 Å². The highest BCUT2D eigenvalue weighted by atomic mass is 35.5. The maximum Gasteiger partial charge on any atom is 0.222 e. The van der Waals surface area contributed by atoms with Crippen LogP contribution in [0.25, 0.3) is 0 Å². The quantitative estimate of drug-likeness (QED) is 0.799. The van der Waals surface area contributed by atoms with E-state index in [-0.39, 0.29) is 30.5 Å². The fourth-order valence-corrected chi connectivity index (χ4v) is 2.62. The molecule has 2 rings (SSSR count). The van der Waals surface area contributed by atoms with E-state index in [1.54, 1.807) is 0 Å². The molecule has 2 saturated heterocycles. The molecule has 0 aromatic heterocycles. The first-order chi connectivity index (χ1) is 9.25. The lowest BCUT2D eigenvalue weighted by Gasteiger charge is -2.30. The molecule has 2 fully saturated rings. The molecule has 0 saturated carbocycles. The summed E-state index contributed by atoms with van der Waals surface area (Å²) >= 11 is 0. The third-order valence-electron chi connectivity index (χ3n) is 4.02. The lowest BCUT2D eigenvalue weighted by Crippen LogP contribution is -2.50. The first kappa shape index (κ1) is 17.7. The Morgan fingerprint density at radius 1 is 1.35 bits per heavy atom. The summed E-state index contributed by atoms with van der Waals surface area (Å²) in [5, 5.41) is 6.42. The van der Waals surface area contributed by atoms with Crippen molar-refractivity contribution in [3.05, 3.63) is 0 Å². The molecule has 1 amide bonds. The number of hydrogen-bond donors (Lipinski definition) is 2. The average molecular weight is 307 g/mol. The highest BCUT2D eigenvalue weighted by molar-refractivity contribution is 5.85. The van der Waals surface area contributed by atoms with Gasteiger partial charge in [0.15, 0.2) is 0 Å². The molecule has 20 heavy (non-hydrogen) atoms. The molecule has 6 heteroatoms. The highest BCUT2D eigenvalue weighted by Gasteiger charge is 2.22. The van der Waals surface area contributed by atoms with Crippen molar-refractivity contribution in [3.8, 4) is 0 Å². The third-order valence-corrected chi connectivity index (χ3v) is 4.02. The van der Waals surface area contributed by atoms with Gasteiger partial charge in [-0.15, -0.1) is 12.4 Å². The van der Waals surface area contributed by atoms with E-state index in [1.807, 2.05) is 0 Å². The monoisotopic (exact) mass is 306 g/mol. The largest absolute Gasteiger partial charge is 0.381 e. The normalized spacial score (nSPS) is 27.6. The van der Waals surface area contributed by atoms with Crippen LogP contribution in [0, 0.1) is 5.92 Å². The Balaban J connectivity index is 0.00000200. The van der Waals surface area contributed by atoms with Crippen LogP contribution in [0.15, 0.2) is 0 Å². The Morgan fingerprint density at radius 3 is 2.80 bits per heavy atom. The topological polar surface area (TPSA) is 59.6 Å². The van der Waals surface area contributed by atoms with Crippen LogP contribution in [-0.4, -0.2) is 51.0 Å². The number of amides is 1. The minimum Gasteiger partial charge on any atom is -0.381 e. The first-order valence-corrected chi connectivity index (χ1v) is 7.45. The zero-order valence-electron chi connectivity index (χ0n) is 12.2. The number of piperidine rings is 1. The van der Waals surface area contributed by atoms with Crippen molar-refractivity contribution in [2.24, 2.45) is 5.92 Å². The Bertz CT molecular complexity index is 286. The van der Waals surface area contributed by atoms with Crippen molar-refractivity contribution >= 4 is 18.3 Å². The molecule has 5 nitrogen and oxygen atoms in total. The number of carbonyl (C=O) groups excluding carboxylic acids is 1. The number of ether oxygens (including phenoxy) is 2. The second-order valence-electron chi connectivity index (χ2n) is 5.58. The van der Waals surface area contributed by atoms with Crippen LogP contribution in [0.3, 0.4) is 0 Å². The van der Waals surface area contributed by atoms with Gasteiger partial charge in [-0.3, -0.25) is 4.79 Å². The molecule has 0 aliphatic carbocycles. The zero-order chi connectivity index (χ0) is 13.5. The molecule has 0 radical (unpaired) electrons. The average Bonchev–Trinajstić information content (AvgIpc) is 2.43. The number of carbonyl (C=O) groups is 1. The Hall–Kier alpha value is -0.360. The summed E-state index contributed by atoms with van der Waals surface area (Å²) in [4.78, 5) is 11.9. The van der Waals surface area contributed by atoms with Crippen molar-refractivity contribution in [1.29, 1.82) is 0 Å². The summed E-state index contributed by atoms with van der Waals surface area (Å²) < 4.78 is 11.0. The fourth-order valence-electron chi connectivity index (χ4n) is 2.62. The zero-order valence-corrected chi connectivity index (χ0v) is 13.0. The lowest BCUT2D eigenvalue weighted by atomic mass is 9.95. The summed E-state index contributed by atoms with van der Waals surface area (Å²) in [7, 11) is 0. The molecule has 2 aliphatic rings. The van der Waals surface area contributed by atoms with E-state index in [2.05, 4.69) is 17.6 Å². The second kappa shape index (κ2) is 9.55. The molecule has 0 bridgehead atoms. The van der Waals surface area contributed by atoms with Crippen molar-refractivity contribution < 1.29 is 14.3 Å². The van der Waals surface area contributed by atoms with Gasteiger partial charge in [-0.1, -0.05) is 6.92 Å². The molecule has 2 aliphatic heterocycles. The number of hydrogen-bond acceptors (Lipinski definition) is 4. The molecule has 0 spiro atoms. The maximum absolute atomic E-state index is 11.9. The van der Waals surface area contributed by atoms with Gasteiger partial charge in [-0.25, -0.2) is 0 Å². The molecular weight excluding hydrogens is 280 g/mol. The minimum absolute atomic E-state index is 0. The van der Waals surface area contributed by atoms with Crippen molar-refractivity contribution in [2.75, 3.05) is 32.9 Å². The number of nitrogens with one attached hydrogen (secondary N) is 2. The predicted molar refractivity (Wildman–Crippen MR) is 80.2 cm³/mol. The second-order valence-corrected chi connectivity index (χ2v) is 5.58. The van der Waals surface area contributed by atoms with Gasteiger partial charge in [-0.2, -0.15) is 0 Å². The van der Waals surface area contributed by atoms with E-state index in [1.165, 1.54) is 0 Å². The molecule has 2 N–H and O–H groups in total. The summed E-state index contributed by atoms with van der Waals surface area (Å²) in [6, 6.07) is 0.268. The van der Waals surface area contributed by atoms with E-state index in [0.29, 0.717) is 18.9 Å². The first-order valence-electron chi connectivity index (χ1n) is 7.45. The summed E-state index contributed by atoms with van der Waals surface area (Å²) in [6.07, 6.45) is 3.76. The van der Waals surface area contributed by atoms with Gasteiger partial charge in [0.25, 0.3) is 0 Å². The summed E-state index contributed by atoms with van der Waals surface area (Å²) in [5.41, 5.74) is 0. The van der Waals surface area contributed by atoms with Crippen LogP contribution >= 0.6 is 12.4 Å². The van der Waals surface area contributed by atoms with Gasteiger partial charge in [-0.05, 0) is 31.7 Å². The molecular formula is C14H27ClN2O3. The number of rotatable bonds is 5. The van der Waals surface area contributed by atoms with Crippen LogP contribution < -0.4 is 10.6 Å². The van der Waals surface area contributed by atoms with Gasteiger partial charge >= 0.3 is 0 Å². The van der Waals surface area contributed by atoms with Crippen molar-refractivity contribution in [2.45, 2.75) is 44.8 Å². The van der Waals surface area contributed by atoms with E-state index in [9.17, 15) is 4.79 Å². The summed E-state index contributed by atoms with van der Waals surface area (Å²) in [5.74, 6) is 0.661. The van der Waals surface area contributed by atoms with Crippen LogP contribution in [-0.2, 0) is 14.3 Å². The Morgan fingerprint density at radius 2 is 2.10 bits per heavy atom. The molecule has 0 aromatic rings. The van der Waals surface area contributed by atoms with E-state index >= 15 is 0 Å². The van der Waals surface area contributed by atoms with Gasteiger partial charge in [0.2, 0.25) is 5.91 Å².